The van der Waals surface area contributed by atoms with Gasteiger partial charge in [-0.25, -0.2) is 0 Å². The van der Waals surface area contributed by atoms with E-state index in [0.29, 0.717) is 34.6 Å². The molecule has 0 atom stereocenters. The molecule has 0 radical (unpaired) electrons. The minimum Gasteiger partial charge on any atom is -0.492 e. The maximum absolute atomic E-state index is 8.75. The third-order valence-electron chi connectivity index (χ3n) is 3.90. The Morgan fingerprint density at radius 2 is 1.93 bits per heavy atom. The number of nitrogens with zero attached hydrogens (tertiary/aromatic N) is 1. The summed E-state index contributed by atoms with van der Waals surface area (Å²) in [5.41, 5.74) is 2.34. The van der Waals surface area contributed by atoms with E-state index in [0.717, 1.165) is 15.6 Å². The highest BCUT2D eigenvalue weighted by atomic mass is 79.9. The van der Waals surface area contributed by atoms with Crippen molar-refractivity contribution >= 4 is 51.3 Å². The van der Waals surface area contributed by atoms with Gasteiger partial charge in [-0.3, -0.25) is 0 Å². The molecule has 1 aliphatic rings. The molecule has 1 saturated heterocycles. The number of rotatable bonds is 6. The van der Waals surface area contributed by atoms with E-state index < -0.39 is 6.29 Å². The average Bonchev–Trinajstić information content (AvgIpc) is 3.19. The molecule has 4 nitrogen and oxygen atoms in total. The van der Waals surface area contributed by atoms with Crippen molar-refractivity contribution in [2.75, 3.05) is 19.8 Å². The van der Waals surface area contributed by atoms with Crippen LogP contribution in [0, 0.1) is 11.3 Å². The number of ether oxygens (including phenoxy) is 3. The second-order valence-electron chi connectivity index (χ2n) is 5.72. The third-order valence-corrected chi connectivity index (χ3v) is 5.54. The van der Waals surface area contributed by atoms with E-state index in [4.69, 9.17) is 42.7 Å². The van der Waals surface area contributed by atoms with Gasteiger partial charge in [-0.05, 0) is 45.3 Å². The molecule has 2 aromatic carbocycles. The molecule has 0 amide bonds. The largest absolute Gasteiger partial charge is 0.492 e. The topological polar surface area (TPSA) is 51.5 Å². The molecular weight excluding hydrogens is 453 g/mol. The monoisotopic (exact) mass is 467 g/mol. The van der Waals surface area contributed by atoms with Gasteiger partial charge < -0.3 is 14.2 Å². The van der Waals surface area contributed by atoms with Crippen molar-refractivity contribution in [3.63, 3.8) is 0 Å². The number of nitriles is 1. The molecule has 0 aromatic heterocycles. The Morgan fingerprint density at radius 1 is 1.19 bits per heavy atom. The summed E-state index contributed by atoms with van der Waals surface area (Å²) in [4.78, 5) is 0. The summed E-state index contributed by atoms with van der Waals surface area (Å²) in [5, 5.41) is 9.92. The SMILES string of the molecule is N#CCCOc1cc(C=Cc2cccc(Br)c2Cl)c(Cl)cc1C1OCCO1. The molecule has 0 bridgehead atoms. The van der Waals surface area contributed by atoms with Gasteiger partial charge in [-0.15, -0.1) is 0 Å². The van der Waals surface area contributed by atoms with Gasteiger partial charge in [0.05, 0.1) is 36.3 Å². The van der Waals surface area contributed by atoms with Gasteiger partial charge in [0.1, 0.15) is 12.4 Å². The van der Waals surface area contributed by atoms with Crippen molar-refractivity contribution in [3.8, 4) is 11.8 Å². The molecule has 3 rings (SSSR count). The fourth-order valence-corrected chi connectivity index (χ4v) is 3.40. The molecule has 1 aliphatic heterocycles. The Labute approximate surface area is 176 Å². The van der Waals surface area contributed by atoms with Gasteiger partial charge in [-0.2, -0.15) is 5.26 Å². The van der Waals surface area contributed by atoms with Gasteiger partial charge in [-0.1, -0.05) is 47.5 Å². The molecule has 1 fully saturated rings. The quantitative estimate of drug-likeness (QED) is 0.370. The summed E-state index contributed by atoms with van der Waals surface area (Å²) in [5.74, 6) is 0.585. The Morgan fingerprint density at radius 3 is 2.67 bits per heavy atom. The zero-order valence-electron chi connectivity index (χ0n) is 14.3. The fraction of sp³-hybridized carbons (Fsp3) is 0.250. The van der Waals surface area contributed by atoms with Gasteiger partial charge in [0.25, 0.3) is 0 Å². The van der Waals surface area contributed by atoms with Crippen LogP contribution in [0.5, 0.6) is 5.75 Å². The van der Waals surface area contributed by atoms with E-state index in [1.54, 1.807) is 6.07 Å². The molecule has 0 unspecified atom stereocenters. The van der Waals surface area contributed by atoms with Gasteiger partial charge >= 0.3 is 0 Å². The van der Waals surface area contributed by atoms with E-state index in [2.05, 4.69) is 22.0 Å². The van der Waals surface area contributed by atoms with Crippen molar-refractivity contribution in [3.05, 3.63) is 61.5 Å². The van der Waals surface area contributed by atoms with Crippen LogP contribution in [0.4, 0.5) is 0 Å². The minimum absolute atomic E-state index is 0.276. The molecule has 0 aliphatic carbocycles. The maximum atomic E-state index is 8.75. The lowest BCUT2D eigenvalue weighted by molar-refractivity contribution is -0.0457. The number of benzene rings is 2. The summed E-state index contributed by atoms with van der Waals surface area (Å²) in [7, 11) is 0. The van der Waals surface area contributed by atoms with E-state index >= 15 is 0 Å². The molecule has 1 heterocycles. The predicted molar refractivity (Wildman–Crippen MR) is 110 cm³/mol. The molecule has 7 heteroatoms. The second kappa shape index (κ2) is 9.59. The van der Waals surface area contributed by atoms with E-state index in [-0.39, 0.29) is 13.0 Å². The van der Waals surface area contributed by atoms with Crippen LogP contribution in [-0.2, 0) is 9.47 Å². The van der Waals surface area contributed by atoms with Crippen molar-refractivity contribution < 1.29 is 14.2 Å². The van der Waals surface area contributed by atoms with Crippen LogP contribution in [0.2, 0.25) is 10.0 Å². The third kappa shape index (κ3) is 5.04. The lowest BCUT2D eigenvalue weighted by atomic mass is 10.1. The van der Waals surface area contributed by atoms with Crippen molar-refractivity contribution in [2.45, 2.75) is 12.7 Å². The fourth-order valence-electron chi connectivity index (χ4n) is 2.59. The Balaban J connectivity index is 1.92. The molecule has 0 N–H and O–H groups in total. The average molecular weight is 469 g/mol. The molecule has 140 valence electrons. The minimum atomic E-state index is -0.517. The normalized spacial score (nSPS) is 14.6. The van der Waals surface area contributed by atoms with Gasteiger partial charge in [0.15, 0.2) is 6.29 Å². The van der Waals surface area contributed by atoms with Crippen LogP contribution in [0.15, 0.2) is 34.8 Å². The first-order chi connectivity index (χ1) is 13.1. The van der Waals surface area contributed by atoms with E-state index in [1.165, 1.54) is 0 Å². The highest BCUT2D eigenvalue weighted by molar-refractivity contribution is 9.10. The summed E-state index contributed by atoms with van der Waals surface area (Å²) in [6, 6.07) is 11.4. The van der Waals surface area contributed by atoms with Crippen molar-refractivity contribution in [1.29, 1.82) is 5.26 Å². The lowest BCUT2D eigenvalue weighted by Gasteiger charge is -2.17. The van der Waals surface area contributed by atoms with Crippen LogP contribution in [0.25, 0.3) is 12.2 Å². The molecule has 0 spiro atoms. The molecule has 27 heavy (non-hydrogen) atoms. The highest BCUT2D eigenvalue weighted by Gasteiger charge is 2.23. The van der Waals surface area contributed by atoms with Gasteiger partial charge in [0, 0.05) is 9.50 Å². The number of halogens is 3. The molecule has 0 saturated carbocycles. The van der Waals surface area contributed by atoms with Crippen molar-refractivity contribution in [2.24, 2.45) is 0 Å². The van der Waals surface area contributed by atoms with Crippen LogP contribution >= 0.6 is 39.1 Å². The maximum Gasteiger partial charge on any atom is 0.187 e. The zero-order chi connectivity index (χ0) is 19.2. The summed E-state index contributed by atoms with van der Waals surface area (Å²) in [6.07, 6.45) is 3.52. The van der Waals surface area contributed by atoms with Crippen LogP contribution in [0.1, 0.15) is 29.4 Å². The van der Waals surface area contributed by atoms with Crippen LogP contribution < -0.4 is 4.74 Å². The first-order valence-corrected chi connectivity index (χ1v) is 9.83. The van der Waals surface area contributed by atoms with E-state index in [9.17, 15) is 0 Å². The first-order valence-electron chi connectivity index (χ1n) is 8.28. The van der Waals surface area contributed by atoms with E-state index in [1.807, 2.05) is 36.4 Å². The van der Waals surface area contributed by atoms with Crippen LogP contribution in [0.3, 0.4) is 0 Å². The highest BCUT2D eigenvalue weighted by Crippen LogP contribution is 2.36. The standard InChI is InChI=1S/C20H16BrCl2NO3/c21-16-4-1-3-13(19(16)23)5-6-14-11-18(25-8-2-7-24)15(12-17(14)22)20-26-9-10-27-20/h1,3-6,11-12,20H,2,8-10H2. The molecule has 2 aromatic rings. The number of hydrogen-bond donors (Lipinski definition) is 0. The summed E-state index contributed by atoms with van der Waals surface area (Å²) >= 11 is 16.2. The number of hydrogen-bond acceptors (Lipinski definition) is 4. The predicted octanol–water partition coefficient (Wildman–Crippen LogP) is 6.26. The first kappa shape index (κ1) is 20.2. The van der Waals surface area contributed by atoms with Crippen LogP contribution in [-0.4, -0.2) is 19.8 Å². The lowest BCUT2D eigenvalue weighted by Crippen LogP contribution is -2.05. The van der Waals surface area contributed by atoms with Gasteiger partial charge in [0.2, 0.25) is 0 Å². The molecular formula is C20H16BrCl2NO3. The summed E-state index contributed by atoms with van der Waals surface area (Å²) in [6.45, 7) is 1.31. The summed E-state index contributed by atoms with van der Waals surface area (Å²) < 4.78 is 17.7. The smallest absolute Gasteiger partial charge is 0.187 e. The Kier molecular flexibility index (Phi) is 7.17. The van der Waals surface area contributed by atoms with Crippen molar-refractivity contribution in [1.82, 2.24) is 0 Å². The zero-order valence-corrected chi connectivity index (χ0v) is 17.4. The Hall–Kier alpha value is -1.55. The Bertz CT molecular complexity index is 890. The second-order valence-corrected chi connectivity index (χ2v) is 7.36.